The Kier molecular flexibility index (Phi) is 4.07. The number of nitrogens with zero attached hydrogens (tertiary/aromatic N) is 2. The van der Waals surface area contributed by atoms with Gasteiger partial charge in [0, 0.05) is 27.0 Å². The minimum absolute atomic E-state index is 0.175. The van der Waals surface area contributed by atoms with Crippen LogP contribution in [0.4, 0.5) is 13.2 Å². The van der Waals surface area contributed by atoms with Gasteiger partial charge in [0.15, 0.2) is 0 Å². The van der Waals surface area contributed by atoms with Crippen LogP contribution in [0.1, 0.15) is 10.4 Å². The summed E-state index contributed by atoms with van der Waals surface area (Å²) in [5.74, 6) is 0. The van der Waals surface area contributed by atoms with E-state index in [0.717, 1.165) is 22.4 Å². The van der Waals surface area contributed by atoms with Gasteiger partial charge in [-0.25, -0.2) is 0 Å². The monoisotopic (exact) mass is 356 g/mol. The molecule has 0 N–H and O–H groups in total. The van der Waals surface area contributed by atoms with Gasteiger partial charge in [-0.1, -0.05) is 12.1 Å². The van der Waals surface area contributed by atoms with Gasteiger partial charge in [-0.05, 0) is 25.1 Å². The lowest BCUT2D eigenvalue weighted by Crippen LogP contribution is -2.06. The van der Waals surface area contributed by atoms with E-state index in [4.69, 9.17) is 0 Å². The first kappa shape index (κ1) is 16.2. The van der Waals surface area contributed by atoms with Crippen molar-refractivity contribution >= 4 is 32.7 Å². The Labute approximate surface area is 137 Å². The fourth-order valence-electron chi connectivity index (χ4n) is 2.19. The zero-order chi connectivity index (χ0) is 16.8. The molecule has 1 aromatic carbocycles. The van der Waals surface area contributed by atoms with Crippen LogP contribution in [0.25, 0.3) is 21.5 Å². The Morgan fingerprint density at radius 1 is 1.13 bits per heavy atom. The summed E-state index contributed by atoms with van der Waals surface area (Å²) in [4.78, 5) is 10.2. The predicted octanol–water partition coefficient (Wildman–Crippen LogP) is 4.42. The number of hydrogen-bond donors (Lipinski definition) is 0. The highest BCUT2D eigenvalue weighted by atomic mass is 32.2. The van der Waals surface area contributed by atoms with Gasteiger partial charge in [0.2, 0.25) is 0 Å². The van der Waals surface area contributed by atoms with Crippen molar-refractivity contribution in [1.82, 2.24) is 9.97 Å². The molecule has 8 heteroatoms. The van der Waals surface area contributed by atoms with E-state index in [0.29, 0.717) is 16.1 Å². The first-order valence-electron chi connectivity index (χ1n) is 6.55. The number of hydrogen-bond acceptors (Lipinski definition) is 4. The third-order valence-corrected chi connectivity index (χ3v) is 4.88. The molecule has 0 spiro atoms. The molecule has 23 heavy (non-hydrogen) atoms. The number of aryl methyl sites for hydroxylation is 1. The molecule has 3 aromatic rings. The number of benzene rings is 1. The zero-order valence-corrected chi connectivity index (χ0v) is 13.8. The minimum Gasteiger partial charge on any atom is -0.609 e. The van der Waals surface area contributed by atoms with Gasteiger partial charge in [0.05, 0.1) is 11.3 Å². The summed E-state index contributed by atoms with van der Waals surface area (Å²) in [5.41, 5.74) is 0.320. The topological polar surface area (TPSA) is 48.8 Å². The number of rotatable bonds is 2. The van der Waals surface area contributed by atoms with Crippen molar-refractivity contribution in [2.75, 3.05) is 6.26 Å². The van der Waals surface area contributed by atoms with Gasteiger partial charge < -0.3 is 4.55 Å². The Morgan fingerprint density at radius 2 is 1.78 bits per heavy atom. The minimum atomic E-state index is -4.38. The molecule has 0 saturated carbocycles. The molecule has 0 aliphatic rings. The number of thiophene rings is 1. The number of aromatic nitrogens is 2. The summed E-state index contributed by atoms with van der Waals surface area (Å²) in [6.07, 6.45) is -2.91. The summed E-state index contributed by atoms with van der Waals surface area (Å²) in [6, 6.07) is 6.67. The maximum atomic E-state index is 12.7. The zero-order valence-electron chi connectivity index (χ0n) is 12.1. The summed E-state index contributed by atoms with van der Waals surface area (Å²) < 4.78 is 49.8. The van der Waals surface area contributed by atoms with E-state index in [1.54, 1.807) is 0 Å². The van der Waals surface area contributed by atoms with E-state index in [1.807, 2.05) is 13.0 Å². The molecule has 3 nitrogen and oxygen atoms in total. The summed E-state index contributed by atoms with van der Waals surface area (Å²) >= 11 is 0.0606. The van der Waals surface area contributed by atoms with Crippen LogP contribution in [0, 0.1) is 6.92 Å². The van der Waals surface area contributed by atoms with E-state index < -0.39 is 22.9 Å². The second kappa shape index (κ2) is 5.77. The van der Waals surface area contributed by atoms with Crippen molar-refractivity contribution in [2.24, 2.45) is 0 Å². The van der Waals surface area contributed by atoms with Gasteiger partial charge in [-0.2, -0.15) is 23.1 Å². The molecule has 0 radical (unpaired) electrons. The molecule has 0 fully saturated rings. The number of alkyl halides is 3. The van der Waals surface area contributed by atoms with E-state index >= 15 is 0 Å². The maximum Gasteiger partial charge on any atom is 0.416 e. The molecule has 0 aliphatic carbocycles. The first-order chi connectivity index (χ1) is 10.8. The molecule has 0 saturated heterocycles. The normalized spacial score (nSPS) is 13.5. The van der Waals surface area contributed by atoms with Crippen molar-refractivity contribution in [3.8, 4) is 11.3 Å². The Morgan fingerprint density at radius 3 is 2.35 bits per heavy atom. The van der Waals surface area contributed by atoms with E-state index in [-0.39, 0.29) is 5.16 Å². The molecule has 1 atom stereocenters. The molecule has 3 rings (SSSR count). The molecule has 2 heterocycles. The van der Waals surface area contributed by atoms with Crippen LogP contribution in [0.15, 0.2) is 35.5 Å². The van der Waals surface area contributed by atoms with Crippen molar-refractivity contribution in [2.45, 2.75) is 18.3 Å². The number of fused-ring (bicyclic) bond motifs is 1. The van der Waals surface area contributed by atoms with Crippen LogP contribution in [-0.4, -0.2) is 20.8 Å². The van der Waals surface area contributed by atoms with Gasteiger partial charge in [-0.3, -0.25) is 0 Å². The van der Waals surface area contributed by atoms with Crippen LogP contribution in [0.3, 0.4) is 0 Å². The smallest absolute Gasteiger partial charge is 0.416 e. The second-order valence-electron chi connectivity index (χ2n) is 4.96. The van der Waals surface area contributed by atoms with Gasteiger partial charge in [-0.15, -0.1) is 11.3 Å². The SMILES string of the molecule is Cc1cc2c(-c3ccc(C(F)(F)F)cc3)nc([S+](C)[O-])nc2s1. The molecule has 0 aliphatic heterocycles. The Balaban J connectivity index is 2.18. The highest BCUT2D eigenvalue weighted by Gasteiger charge is 2.30. The van der Waals surface area contributed by atoms with Crippen LogP contribution in [-0.2, 0) is 17.4 Å². The van der Waals surface area contributed by atoms with Crippen LogP contribution < -0.4 is 0 Å². The molecule has 120 valence electrons. The van der Waals surface area contributed by atoms with Gasteiger partial charge in [0.25, 0.3) is 0 Å². The highest BCUT2D eigenvalue weighted by molar-refractivity contribution is 7.90. The summed E-state index contributed by atoms with van der Waals surface area (Å²) in [6.45, 7) is 1.91. The fourth-order valence-corrected chi connectivity index (χ4v) is 3.56. The van der Waals surface area contributed by atoms with E-state index in [9.17, 15) is 17.7 Å². The van der Waals surface area contributed by atoms with E-state index in [2.05, 4.69) is 9.97 Å². The standard InChI is InChI=1S/C15H11F3N2OS2/c1-8-7-11-12(19-14(23(2)21)20-13(11)22-8)9-3-5-10(6-4-9)15(16,17)18/h3-7H,1-2H3. The average molecular weight is 356 g/mol. The Bertz CT molecular complexity index is 858. The van der Waals surface area contributed by atoms with Crippen molar-refractivity contribution in [3.05, 3.63) is 40.8 Å². The van der Waals surface area contributed by atoms with Gasteiger partial charge in [0.1, 0.15) is 11.1 Å². The quantitative estimate of drug-likeness (QED) is 0.504. The van der Waals surface area contributed by atoms with Crippen LogP contribution in [0.2, 0.25) is 0 Å². The highest BCUT2D eigenvalue weighted by Crippen LogP contribution is 2.34. The summed E-state index contributed by atoms with van der Waals surface area (Å²) in [5, 5.41) is 0.927. The molecular formula is C15H11F3N2OS2. The molecule has 2 aromatic heterocycles. The third-order valence-electron chi connectivity index (χ3n) is 3.24. The number of halogens is 3. The van der Waals surface area contributed by atoms with Crippen molar-refractivity contribution in [1.29, 1.82) is 0 Å². The largest absolute Gasteiger partial charge is 0.609 e. The Hall–Kier alpha value is -1.64. The molecule has 1 unspecified atom stereocenters. The van der Waals surface area contributed by atoms with Crippen molar-refractivity contribution in [3.63, 3.8) is 0 Å². The maximum absolute atomic E-state index is 12.7. The fraction of sp³-hybridized carbons (Fsp3) is 0.200. The van der Waals surface area contributed by atoms with E-state index in [1.165, 1.54) is 29.7 Å². The lowest BCUT2D eigenvalue weighted by atomic mass is 10.1. The molecule has 0 bridgehead atoms. The predicted molar refractivity (Wildman–Crippen MR) is 84.9 cm³/mol. The van der Waals surface area contributed by atoms with Crippen molar-refractivity contribution < 1.29 is 17.7 Å². The summed E-state index contributed by atoms with van der Waals surface area (Å²) in [7, 11) is 0. The second-order valence-corrected chi connectivity index (χ2v) is 7.47. The average Bonchev–Trinajstić information content (AvgIpc) is 2.85. The van der Waals surface area contributed by atoms with Gasteiger partial charge >= 0.3 is 11.3 Å². The molecule has 0 amide bonds. The van der Waals surface area contributed by atoms with Crippen LogP contribution in [0.5, 0.6) is 0 Å². The molecular weight excluding hydrogens is 345 g/mol. The first-order valence-corrected chi connectivity index (χ1v) is 8.92. The van der Waals surface area contributed by atoms with Crippen LogP contribution >= 0.6 is 11.3 Å². The lowest BCUT2D eigenvalue weighted by Gasteiger charge is -2.09. The lowest BCUT2D eigenvalue weighted by molar-refractivity contribution is -0.137. The third kappa shape index (κ3) is 3.19.